The number of nitrogens with one attached hydrogen (secondary N) is 2. The molecule has 12 heteroatoms. The summed E-state index contributed by atoms with van der Waals surface area (Å²) >= 11 is 0. The lowest BCUT2D eigenvalue weighted by molar-refractivity contribution is -0.170. The van der Waals surface area contributed by atoms with E-state index in [0.717, 1.165) is 23.4 Å². The van der Waals surface area contributed by atoms with E-state index in [4.69, 9.17) is 4.74 Å². The lowest BCUT2D eigenvalue weighted by Gasteiger charge is -2.15. The van der Waals surface area contributed by atoms with Gasteiger partial charge in [-0.05, 0) is 66.4 Å². The Bertz CT molecular complexity index is 1780. The fourth-order valence-electron chi connectivity index (χ4n) is 4.75. The number of nitrogens with zero attached hydrogens (tertiary/aromatic N) is 1. The lowest BCUT2D eigenvalue weighted by Crippen LogP contribution is -2.31. The number of aryl methyl sites for hydroxylation is 2. The van der Waals surface area contributed by atoms with Crippen LogP contribution >= 0.6 is 0 Å². The van der Waals surface area contributed by atoms with Crippen LogP contribution in [-0.2, 0) is 23.5 Å². The molecule has 0 spiro atoms. The summed E-state index contributed by atoms with van der Waals surface area (Å²) < 4.78 is 73.5. The molecule has 4 rings (SSSR count). The second-order valence-corrected chi connectivity index (χ2v) is 12.0. The number of fused-ring (bicyclic) bond motifs is 1. The molecule has 1 atom stereocenters. The summed E-state index contributed by atoms with van der Waals surface area (Å²) in [5.74, 6) is -2.44. The van der Waals surface area contributed by atoms with Crippen molar-refractivity contribution in [2.75, 3.05) is 13.7 Å². The normalized spacial score (nSPS) is 12.6. The zero-order valence-corrected chi connectivity index (χ0v) is 24.9. The number of hydrogen-bond acceptors (Lipinski definition) is 5. The molecule has 0 saturated heterocycles. The van der Waals surface area contributed by atoms with Gasteiger partial charge in [-0.25, -0.2) is 13.1 Å². The Kier molecular flexibility index (Phi) is 9.19. The van der Waals surface area contributed by atoms with Gasteiger partial charge in [0, 0.05) is 48.2 Å². The van der Waals surface area contributed by atoms with Gasteiger partial charge in [-0.3, -0.25) is 9.59 Å². The van der Waals surface area contributed by atoms with E-state index in [1.54, 1.807) is 49.4 Å². The molecule has 0 bridgehead atoms. The Morgan fingerprint density at radius 1 is 0.977 bits per heavy atom. The number of carbonyl (C=O) groups is 2. The number of amides is 2. The number of sulfonamides is 1. The predicted molar refractivity (Wildman–Crippen MR) is 157 cm³/mol. The average molecular weight is 616 g/mol. The van der Waals surface area contributed by atoms with E-state index < -0.39 is 33.9 Å². The number of halogens is 3. The SMILES string of the molecule is COc1cc(C(=O)NS(=O)(=O)c2ccccc2C)ccc1Cc1cn(C)c2ccc(C(=O)NCC[C@@H](C)C(F)(F)F)cc12. The molecule has 2 amide bonds. The van der Waals surface area contributed by atoms with Crippen LogP contribution in [0.1, 0.15) is 50.8 Å². The van der Waals surface area contributed by atoms with Crippen molar-refractivity contribution in [2.45, 2.75) is 37.8 Å². The molecule has 228 valence electrons. The standard InChI is InChI=1S/C31H32F3N3O5S/c1-19-7-5-6-8-28(19)43(40,41)36-30(39)23-10-9-21(27(17-23)42-4)15-24-18-37(3)26-12-11-22(16-25(24)26)29(38)35-14-13-20(2)31(32,33)34/h5-12,16-18,20H,13-15H2,1-4H3,(H,35,38)(H,36,39)/t20-/m1/s1. The van der Waals surface area contributed by atoms with Crippen LogP contribution in [0, 0.1) is 12.8 Å². The van der Waals surface area contributed by atoms with E-state index in [-0.39, 0.29) is 23.4 Å². The zero-order valence-electron chi connectivity index (χ0n) is 24.1. The van der Waals surface area contributed by atoms with Crippen molar-refractivity contribution in [1.82, 2.24) is 14.6 Å². The average Bonchev–Trinajstić information content (AvgIpc) is 3.26. The maximum atomic E-state index is 12.9. The van der Waals surface area contributed by atoms with E-state index >= 15 is 0 Å². The monoisotopic (exact) mass is 615 g/mol. The molecule has 0 aliphatic heterocycles. The minimum atomic E-state index is -4.31. The summed E-state index contributed by atoms with van der Waals surface area (Å²) in [7, 11) is -0.801. The Balaban J connectivity index is 1.53. The third-order valence-corrected chi connectivity index (χ3v) is 8.79. The Hall–Kier alpha value is -4.32. The summed E-state index contributed by atoms with van der Waals surface area (Å²) in [6.07, 6.45) is -2.28. The largest absolute Gasteiger partial charge is 0.496 e. The van der Waals surface area contributed by atoms with Crippen molar-refractivity contribution in [1.29, 1.82) is 0 Å². The van der Waals surface area contributed by atoms with Gasteiger partial charge in [0.15, 0.2) is 0 Å². The Morgan fingerprint density at radius 2 is 1.65 bits per heavy atom. The van der Waals surface area contributed by atoms with E-state index in [1.807, 2.05) is 17.8 Å². The molecule has 0 aliphatic carbocycles. The van der Waals surface area contributed by atoms with Crippen LogP contribution in [-0.4, -0.2) is 44.6 Å². The molecular formula is C31H32F3N3O5S. The molecule has 1 aromatic heterocycles. The predicted octanol–water partition coefficient (Wildman–Crippen LogP) is 5.52. The fraction of sp³-hybridized carbons (Fsp3) is 0.290. The van der Waals surface area contributed by atoms with Crippen LogP contribution in [0.4, 0.5) is 13.2 Å². The van der Waals surface area contributed by atoms with Crippen LogP contribution in [0.3, 0.4) is 0 Å². The van der Waals surface area contributed by atoms with Crippen molar-refractivity contribution in [3.8, 4) is 5.75 Å². The number of benzene rings is 3. The van der Waals surface area contributed by atoms with E-state index in [2.05, 4.69) is 10.0 Å². The second kappa shape index (κ2) is 12.5. The Labute approximate surface area is 247 Å². The van der Waals surface area contributed by atoms with Crippen LogP contribution in [0.5, 0.6) is 5.75 Å². The summed E-state index contributed by atoms with van der Waals surface area (Å²) in [6, 6.07) is 16.1. The van der Waals surface area contributed by atoms with Gasteiger partial charge < -0.3 is 14.6 Å². The van der Waals surface area contributed by atoms with Crippen molar-refractivity contribution in [3.63, 3.8) is 0 Å². The van der Waals surface area contributed by atoms with Gasteiger partial charge in [-0.2, -0.15) is 13.2 Å². The molecule has 0 aliphatic rings. The topological polar surface area (TPSA) is 106 Å². The fourth-order valence-corrected chi connectivity index (χ4v) is 5.98. The zero-order chi connectivity index (χ0) is 31.5. The van der Waals surface area contributed by atoms with Gasteiger partial charge >= 0.3 is 6.18 Å². The van der Waals surface area contributed by atoms with Gasteiger partial charge in [0.25, 0.3) is 21.8 Å². The highest BCUT2D eigenvalue weighted by Crippen LogP contribution is 2.30. The summed E-state index contributed by atoms with van der Waals surface area (Å²) in [4.78, 5) is 25.6. The van der Waals surface area contributed by atoms with Crippen LogP contribution in [0.15, 0.2) is 71.8 Å². The van der Waals surface area contributed by atoms with Crippen LogP contribution in [0.2, 0.25) is 0 Å². The van der Waals surface area contributed by atoms with Gasteiger partial charge in [0.05, 0.1) is 17.9 Å². The number of rotatable bonds is 10. The van der Waals surface area contributed by atoms with E-state index in [9.17, 15) is 31.2 Å². The van der Waals surface area contributed by atoms with Crippen molar-refractivity contribution < 1.29 is 35.9 Å². The van der Waals surface area contributed by atoms with Gasteiger partial charge in [-0.15, -0.1) is 0 Å². The molecule has 43 heavy (non-hydrogen) atoms. The molecule has 3 aromatic carbocycles. The minimum Gasteiger partial charge on any atom is -0.496 e. The van der Waals surface area contributed by atoms with E-state index in [0.29, 0.717) is 28.9 Å². The van der Waals surface area contributed by atoms with Gasteiger partial charge in [0.2, 0.25) is 0 Å². The molecule has 8 nitrogen and oxygen atoms in total. The molecule has 2 N–H and O–H groups in total. The minimum absolute atomic E-state index is 0.00630. The molecular weight excluding hydrogens is 583 g/mol. The first-order chi connectivity index (χ1) is 20.2. The maximum absolute atomic E-state index is 12.9. The molecule has 0 fully saturated rings. The number of ether oxygens (including phenoxy) is 1. The van der Waals surface area contributed by atoms with Crippen molar-refractivity contribution >= 4 is 32.7 Å². The Morgan fingerprint density at radius 3 is 2.33 bits per heavy atom. The first kappa shape index (κ1) is 31.6. The first-order valence-corrected chi connectivity index (χ1v) is 14.9. The highest BCUT2D eigenvalue weighted by Gasteiger charge is 2.35. The number of alkyl halides is 3. The maximum Gasteiger partial charge on any atom is 0.391 e. The summed E-state index contributed by atoms with van der Waals surface area (Å²) in [5.41, 5.74) is 3.30. The summed E-state index contributed by atoms with van der Waals surface area (Å²) in [5, 5.41) is 3.33. The molecule has 0 radical (unpaired) electrons. The second-order valence-electron chi connectivity index (χ2n) is 10.4. The number of hydrogen-bond donors (Lipinski definition) is 2. The molecule has 1 heterocycles. The van der Waals surface area contributed by atoms with Crippen molar-refractivity contribution in [2.24, 2.45) is 13.0 Å². The number of carbonyl (C=O) groups excluding carboxylic acids is 2. The highest BCUT2D eigenvalue weighted by atomic mass is 32.2. The molecule has 4 aromatic rings. The number of methoxy groups -OCH3 is 1. The first-order valence-electron chi connectivity index (χ1n) is 13.4. The van der Waals surface area contributed by atoms with Crippen molar-refractivity contribution in [3.05, 3.63) is 94.7 Å². The third-order valence-electron chi connectivity index (χ3n) is 7.30. The highest BCUT2D eigenvalue weighted by molar-refractivity contribution is 7.90. The molecule has 0 unspecified atom stereocenters. The van der Waals surface area contributed by atoms with Gasteiger partial charge in [0.1, 0.15) is 5.75 Å². The van der Waals surface area contributed by atoms with E-state index in [1.165, 1.54) is 25.3 Å². The molecule has 0 saturated carbocycles. The summed E-state index contributed by atoms with van der Waals surface area (Å²) in [6.45, 7) is 2.61. The van der Waals surface area contributed by atoms with Crippen LogP contribution in [0.25, 0.3) is 10.9 Å². The number of aromatic nitrogens is 1. The quantitative estimate of drug-likeness (QED) is 0.244. The smallest absolute Gasteiger partial charge is 0.391 e. The van der Waals surface area contributed by atoms with Gasteiger partial charge in [-0.1, -0.05) is 31.2 Å². The van der Waals surface area contributed by atoms with Crippen LogP contribution < -0.4 is 14.8 Å². The lowest BCUT2D eigenvalue weighted by atomic mass is 10.0. The third kappa shape index (κ3) is 7.19.